The lowest BCUT2D eigenvalue weighted by Crippen LogP contribution is -2.42. The molecule has 100 valence electrons. The minimum atomic E-state index is -0.948. The maximum absolute atomic E-state index is 11.6. The van der Waals surface area contributed by atoms with Crippen LogP contribution in [0.2, 0.25) is 0 Å². The molecule has 1 atom stereocenters. The summed E-state index contributed by atoms with van der Waals surface area (Å²) in [6, 6.07) is 4.53. The second kappa shape index (κ2) is 5.44. The van der Waals surface area contributed by atoms with Crippen LogP contribution in [0.4, 0.5) is 0 Å². The number of hydrogen-bond donors (Lipinski definition) is 3. The molecule has 5 N–H and O–H groups in total. The van der Waals surface area contributed by atoms with Crippen molar-refractivity contribution in [2.75, 3.05) is 0 Å². The monoisotopic (exact) mass is 262 g/mol. The maximum atomic E-state index is 11.6. The van der Waals surface area contributed by atoms with Gasteiger partial charge >= 0.3 is 0 Å². The first-order valence-corrected chi connectivity index (χ1v) is 5.68. The smallest absolute Gasteiger partial charge is 0.237 e. The molecule has 0 aromatic carbocycles. The average Bonchev–Trinajstić information content (AvgIpc) is 2.78. The van der Waals surface area contributed by atoms with Crippen LogP contribution >= 0.6 is 0 Å². The van der Waals surface area contributed by atoms with Crippen molar-refractivity contribution in [3.8, 4) is 0 Å². The zero-order valence-electron chi connectivity index (χ0n) is 10.1. The summed E-state index contributed by atoms with van der Waals surface area (Å²) in [5.41, 5.74) is 11.2. The average molecular weight is 262 g/mol. The molecule has 19 heavy (non-hydrogen) atoms. The first kappa shape index (κ1) is 13.0. The van der Waals surface area contributed by atoms with Gasteiger partial charge in [-0.1, -0.05) is 6.07 Å². The van der Waals surface area contributed by atoms with E-state index in [1.807, 2.05) is 12.1 Å². The van der Waals surface area contributed by atoms with E-state index in [0.29, 0.717) is 11.5 Å². The molecule has 2 heterocycles. The van der Waals surface area contributed by atoms with Crippen LogP contribution in [-0.4, -0.2) is 32.5 Å². The highest BCUT2D eigenvalue weighted by Gasteiger charge is 2.16. The van der Waals surface area contributed by atoms with E-state index in [0.717, 1.165) is 0 Å². The maximum Gasteiger partial charge on any atom is 0.237 e. The summed E-state index contributed by atoms with van der Waals surface area (Å²) in [5.74, 6) is -0.489. The SMILES string of the molecule is NC(=O)CC(N)C(=O)NCc1nnc2ccccn12. The Bertz CT molecular complexity index is 608. The van der Waals surface area contributed by atoms with Crippen molar-refractivity contribution in [1.82, 2.24) is 19.9 Å². The summed E-state index contributed by atoms with van der Waals surface area (Å²) >= 11 is 0. The number of carbonyl (C=O) groups excluding carboxylic acids is 2. The second-order valence-electron chi connectivity index (χ2n) is 4.04. The fraction of sp³-hybridized carbons (Fsp3) is 0.273. The van der Waals surface area contributed by atoms with Crippen LogP contribution in [0.1, 0.15) is 12.2 Å². The van der Waals surface area contributed by atoms with Crippen LogP contribution in [0.5, 0.6) is 0 Å². The molecule has 0 saturated carbocycles. The van der Waals surface area contributed by atoms with Crippen LogP contribution in [-0.2, 0) is 16.1 Å². The fourth-order valence-corrected chi connectivity index (χ4v) is 1.62. The lowest BCUT2D eigenvalue weighted by molar-refractivity contribution is -0.126. The number of aromatic nitrogens is 3. The third-order valence-corrected chi connectivity index (χ3v) is 2.56. The third kappa shape index (κ3) is 3.05. The molecule has 0 saturated heterocycles. The van der Waals surface area contributed by atoms with Gasteiger partial charge in [0.25, 0.3) is 0 Å². The van der Waals surface area contributed by atoms with E-state index in [4.69, 9.17) is 11.5 Å². The van der Waals surface area contributed by atoms with Crippen molar-refractivity contribution in [1.29, 1.82) is 0 Å². The highest BCUT2D eigenvalue weighted by Crippen LogP contribution is 2.02. The van der Waals surface area contributed by atoms with E-state index in [-0.39, 0.29) is 13.0 Å². The first-order valence-electron chi connectivity index (χ1n) is 5.68. The Balaban J connectivity index is 1.99. The van der Waals surface area contributed by atoms with Gasteiger partial charge in [0.05, 0.1) is 19.0 Å². The Hall–Kier alpha value is -2.48. The van der Waals surface area contributed by atoms with Crippen LogP contribution in [0.3, 0.4) is 0 Å². The summed E-state index contributed by atoms with van der Waals surface area (Å²) in [4.78, 5) is 22.3. The number of carbonyl (C=O) groups is 2. The van der Waals surface area contributed by atoms with Crippen LogP contribution in [0.25, 0.3) is 5.65 Å². The number of amides is 2. The number of fused-ring (bicyclic) bond motifs is 1. The summed E-state index contributed by atoms with van der Waals surface area (Å²) in [6.45, 7) is 0.177. The molecule has 0 spiro atoms. The van der Waals surface area contributed by atoms with Crippen LogP contribution < -0.4 is 16.8 Å². The van der Waals surface area contributed by atoms with E-state index in [2.05, 4.69) is 15.5 Å². The van der Waals surface area contributed by atoms with Gasteiger partial charge in [0.1, 0.15) is 0 Å². The Morgan fingerprint density at radius 1 is 1.37 bits per heavy atom. The van der Waals surface area contributed by atoms with E-state index < -0.39 is 17.9 Å². The molecule has 2 aromatic rings. The van der Waals surface area contributed by atoms with Gasteiger partial charge in [-0.05, 0) is 12.1 Å². The molecule has 0 fully saturated rings. The summed E-state index contributed by atoms with van der Waals surface area (Å²) < 4.78 is 1.75. The van der Waals surface area contributed by atoms with Gasteiger partial charge in [-0.2, -0.15) is 0 Å². The van der Waals surface area contributed by atoms with Gasteiger partial charge in [-0.3, -0.25) is 14.0 Å². The summed E-state index contributed by atoms with van der Waals surface area (Å²) in [6.07, 6.45) is 1.60. The van der Waals surface area contributed by atoms with Gasteiger partial charge < -0.3 is 16.8 Å². The molecule has 2 aromatic heterocycles. The Morgan fingerprint density at radius 3 is 2.89 bits per heavy atom. The largest absolute Gasteiger partial charge is 0.370 e. The van der Waals surface area contributed by atoms with Gasteiger partial charge in [-0.15, -0.1) is 10.2 Å². The zero-order chi connectivity index (χ0) is 13.8. The van der Waals surface area contributed by atoms with Crippen molar-refractivity contribution in [2.24, 2.45) is 11.5 Å². The molecule has 2 amide bonds. The van der Waals surface area contributed by atoms with E-state index in [9.17, 15) is 9.59 Å². The normalized spacial score (nSPS) is 12.3. The van der Waals surface area contributed by atoms with Crippen molar-refractivity contribution in [2.45, 2.75) is 19.0 Å². The molecule has 8 nitrogen and oxygen atoms in total. The molecule has 2 rings (SSSR count). The molecule has 1 unspecified atom stereocenters. The fourth-order valence-electron chi connectivity index (χ4n) is 1.62. The third-order valence-electron chi connectivity index (χ3n) is 2.56. The Morgan fingerprint density at radius 2 is 2.16 bits per heavy atom. The topological polar surface area (TPSA) is 128 Å². The zero-order valence-corrected chi connectivity index (χ0v) is 10.1. The Labute approximate surface area is 108 Å². The van der Waals surface area contributed by atoms with E-state index in [1.165, 1.54) is 0 Å². The molecule has 8 heteroatoms. The molecular formula is C11H14N6O2. The van der Waals surface area contributed by atoms with E-state index in [1.54, 1.807) is 16.7 Å². The van der Waals surface area contributed by atoms with Crippen LogP contribution in [0, 0.1) is 0 Å². The van der Waals surface area contributed by atoms with Crippen molar-refractivity contribution >= 4 is 17.5 Å². The minimum absolute atomic E-state index is 0.177. The number of nitrogens with two attached hydrogens (primary N) is 2. The predicted octanol–water partition coefficient (Wildman–Crippen LogP) is -1.45. The van der Waals surface area contributed by atoms with E-state index >= 15 is 0 Å². The van der Waals surface area contributed by atoms with Crippen molar-refractivity contribution in [3.63, 3.8) is 0 Å². The Kier molecular flexibility index (Phi) is 3.71. The minimum Gasteiger partial charge on any atom is -0.370 e. The summed E-state index contributed by atoms with van der Waals surface area (Å²) in [7, 11) is 0. The molecule has 0 aliphatic rings. The van der Waals surface area contributed by atoms with Gasteiger partial charge in [0, 0.05) is 6.20 Å². The van der Waals surface area contributed by atoms with Gasteiger partial charge in [-0.25, -0.2) is 0 Å². The van der Waals surface area contributed by atoms with Crippen molar-refractivity contribution < 1.29 is 9.59 Å². The van der Waals surface area contributed by atoms with Crippen LogP contribution in [0.15, 0.2) is 24.4 Å². The number of nitrogens with one attached hydrogen (secondary N) is 1. The van der Waals surface area contributed by atoms with Gasteiger partial charge in [0.15, 0.2) is 11.5 Å². The van der Waals surface area contributed by atoms with Gasteiger partial charge in [0.2, 0.25) is 11.8 Å². The predicted molar refractivity (Wildman–Crippen MR) is 66.6 cm³/mol. The molecular weight excluding hydrogens is 248 g/mol. The highest BCUT2D eigenvalue weighted by atomic mass is 16.2. The highest BCUT2D eigenvalue weighted by molar-refractivity contribution is 5.87. The molecule has 0 radical (unpaired) electrons. The number of rotatable bonds is 5. The lowest BCUT2D eigenvalue weighted by Gasteiger charge is -2.09. The molecule has 0 aliphatic carbocycles. The summed E-state index contributed by atoms with van der Waals surface area (Å²) in [5, 5.41) is 10.5. The number of nitrogens with zero attached hydrogens (tertiary/aromatic N) is 3. The quantitative estimate of drug-likeness (QED) is 0.607. The molecule has 0 aliphatic heterocycles. The molecule has 0 bridgehead atoms. The number of pyridine rings is 1. The lowest BCUT2D eigenvalue weighted by atomic mass is 10.2. The standard InChI is InChI=1S/C11H14N6O2/c12-7(5-8(13)18)11(19)14-6-10-16-15-9-3-1-2-4-17(9)10/h1-4,7H,5-6,12H2,(H2,13,18)(H,14,19). The number of hydrogen-bond acceptors (Lipinski definition) is 5. The van der Waals surface area contributed by atoms with Crippen molar-refractivity contribution in [3.05, 3.63) is 30.2 Å². The second-order valence-corrected chi connectivity index (χ2v) is 4.04. The first-order chi connectivity index (χ1) is 9.08. The number of primary amides is 1.